The maximum Gasteiger partial charge on any atom is 0.264 e. The molecule has 4 rings (SSSR count). The standard InChI is InChI=1S/C23H21N5O4S/c1-32-11-3-10-28-22(31)17-7-6-15(13-19(17)25-23(28)33)21(30)24-16-5-2-4-14(12-16)18-8-9-20(29)27-26-18/h2,4-9,12-13H,3,10-11H2,1H3,(H,24,30)(H,25,33)(H,27,29). The second kappa shape index (κ2) is 9.72. The van der Waals surface area contributed by atoms with Gasteiger partial charge in [0.05, 0.1) is 16.6 Å². The fraction of sp³-hybridized carbons (Fsp3) is 0.174. The summed E-state index contributed by atoms with van der Waals surface area (Å²) in [6.45, 7) is 0.971. The zero-order chi connectivity index (χ0) is 23.4. The molecule has 2 aromatic heterocycles. The van der Waals surface area contributed by atoms with E-state index >= 15 is 0 Å². The third kappa shape index (κ3) is 4.97. The fourth-order valence-corrected chi connectivity index (χ4v) is 3.71. The SMILES string of the molecule is COCCCn1c(=S)[nH]c2cc(C(=O)Nc3cccc(-c4ccc(=O)[nH]n4)c3)ccc2c1=O. The Morgan fingerprint density at radius 2 is 2.00 bits per heavy atom. The number of carbonyl (C=O) groups excluding carboxylic acids is 1. The second-order valence-corrected chi connectivity index (χ2v) is 7.72. The summed E-state index contributed by atoms with van der Waals surface area (Å²) in [6, 6.07) is 14.9. The number of amides is 1. The summed E-state index contributed by atoms with van der Waals surface area (Å²) in [5.41, 5.74) is 2.24. The Labute approximate surface area is 193 Å². The summed E-state index contributed by atoms with van der Waals surface area (Å²) in [6.07, 6.45) is 0.660. The number of aromatic amines is 2. The number of nitrogens with zero attached hydrogens (tertiary/aromatic N) is 2. The summed E-state index contributed by atoms with van der Waals surface area (Å²) < 4.78 is 6.82. The molecule has 3 N–H and O–H groups in total. The molecule has 0 saturated heterocycles. The monoisotopic (exact) mass is 463 g/mol. The van der Waals surface area contributed by atoms with Gasteiger partial charge in [-0.1, -0.05) is 12.1 Å². The van der Waals surface area contributed by atoms with Crippen LogP contribution in [0.4, 0.5) is 5.69 Å². The summed E-state index contributed by atoms with van der Waals surface area (Å²) in [5.74, 6) is -0.341. The third-order valence-electron chi connectivity index (χ3n) is 5.07. The molecule has 0 fully saturated rings. The van der Waals surface area contributed by atoms with Crippen LogP contribution in [-0.4, -0.2) is 39.4 Å². The molecule has 0 unspecified atom stereocenters. The molecule has 0 bridgehead atoms. The van der Waals surface area contributed by atoms with Crippen molar-refractivity contribution in [3.05, 3.63) is 85.6 Å². The van der Waals surface area contributed by atoms with Crippen LogP contribution in [0.2, 0.25) is 0 Å². The second-order valence-electron chi connectivity index (χ2n) is 7.34. The normalized spacial score (nSPS) is 10.9. The van der Waals surface area contributed by atoms with Crippen molar-refractivity contribution >= 4 is 34.7 Å². The van der Waals surface area contributed by atoms with Crippen LogP contribution in [0, 0.1) is 4.77 Å². The van der Waals surface area contributed by atoms with Crippen molar-refractivity contribution < 1.29 is 9.53 Å². The summed E-state index contributed by atoms with van der Waals surface area (Å²) >= 11 is 5.34. The van der Waals surface area contributed by atoms with Gasteiger partial charge in [-0.3, -0.25) is 19.0 Å². The zero-order valence-electron chi connectivity index (χ0n) is 17.8. The molecular weight excluding hydrogens is 442 g/mol. The molecular formula is C23H21N5O4S. The van der Waals surface area contributed by atoms with Gasteiger partial charge >= 0.3 is 0 Å². The summed E-state index contributed by atoms with van der Waals surface area (Å²) in [7, 11) is 1.60. The lowest BCUT2D eigenvalue weighted by molar-refractivity contribution is 0.102. The van der Waals surface area contributed by atoms with E-state index in [9.17, 15) is 14.4 Å². The molecule has 2 aromatic carbocycles. The number of methoxy groups -OCH3 is 1. The molecule has 9 nitrogen and oxygen atoms in total. The fourth-order valence-electron chi connectivity index (χ4n) is 3.43. The molecule has 0 aliphatic carbocycles. The van der Waals surface area contributed by atoms with Crippen LogP contribution < -0.4 is 16.4 Å². The number of anilines is 1. The first-order valence-electron chi connectivity index (χ1n) is 10.2. The van der Waals surface area contributed by atoms with Gasteiger partial charge in [-0.05, 0) is 55.0 Å². The molecule has 0 radical (unpaired) electrons. The molecule has 10 heteroatoms. The number of ether oxygens (including phenoxy) is 1. The van der Waals surface area contributed by atoms with Gasteiger partial charge in [0.25, 0.3) is 17.0 Å². The van der Waals surface area contributed by atoms with E-state index < -0.39 is 0 Å². The predicted octanol–water partition coefficient (Wildman–Crippen LogP) is 3.10. The minimum absolute atomic E-state index is 0.210. The van der Waals surface area contributed by atoms with E-state index in [1.54, 1.807) is 49.6 Å². The highest BCUT2D eigenvalue weighted by molar-refractivity contribution is 7.71. The van der Waals surface area contributed by atoms with Crippen molar-refractivity contribution in [2.24, 2.45) is 0 Å². The third-order valence-corrected chi connectivity index (χ3v) is 5.39. The van der Waals surface area contributed by atoms with Crippen molar-refractivity contribution in [1.82, 2.24) is 19.7 Å². The number of carbonyl (C=O) groups is 1. The lowest BCUT2D eigenvalue weighted by Crippen LogP contribution is -2.23. The Morgan fingerprint density at radius 1 is 1.15 bits per heavy atom. The van der Waals surface area contributed by atoms with Crippen LogP contribution in [0.15, 0.2) is 64.2 Å². The summed E-state index contributed by atoms with van der Waals surface area (Å²) in [4.78, 5) is 39.9. The molecule has 168 valence electrons. The van der Waals surface area contributed by atoms with Crippen LogP contribution in [0.3, 0.4) is 0 Å². The highest BCUT2D eigenvalue weighted by atomic mass is 32.1. The number of nitrogens with one attached hydrogen (secondary N) is 3. The van der Waals surface area contributed by atoms with Gasteiger partial charge in [0.15, 0.2) is 4.77 Å². The van der Waals surface area contributed by atoms with E-state index in [0.717, 1.165) is 5.56 Å². The topological polar surface area (TPSA) is 122 Å². The Balaban J connectivity index is 1.59. The van der Waals surface area contributed by atoms with E-state index in [-0.39, 0.29) is 17.0 Å². The first kappa shape index (κ1) is 22.3. The molecule has 0 saturated carbocycles. The first-order chi connectivity index (χ1) is 16.0. The quantitative estimate of drug-likeness (QED) is 0.286. The minimum atomic E-state index is -0.341. The smallest absolute Gasteiger partial charge is 0.264 e. The predicted molar refractivity (Wildman–Crippen MR) is 128 cm³/mol. The van der Waals surface area contributed by atoms with Crippen LogP contribution in [0.25, 0.3) is 22.2 Å². The molecule has 0 aliphatic heterocycles. The van der Waals surface area contributed by atoms with Gasteiger partial charge in [0.1, 0.15) is 0 Å². The van der Waals surface area contributed by atoms with Gasteiger partial charge < -0.3 is 15.0 Å². The van der Waals surface area contributed by atoms with Crippen molar-refractivity contribution in [2.45, 2.75) is 13.0 Å². The number of hydrogen-bond donors (Lipinski definition) is 3. The van der Waals surface area contributed by atoms with E-state index in [2.05, 4.69) is 20.5 Å². The summed E-state index contributed by atoms with van der Waals surface area (Å²) in [5, 5.41) is 9.69. The van der Waals surface area contributed by atoms with Gasteiger partial charge in [0, 0.05) is 43.1 Å². The Bertz CT molecular complexity index is 1480. The average molecular weight is 464 g/mol. The molecule has 4 aromatic rings. The van der Waals surface area contributed by atoms with E-state index in [0.29, 0.717) is 52.2 Å². The number of rotatable bonds is 7. The molecule has 2 heterocycles. The van der Waals surface area contributed by atoms with E-state index in [1.165, 1.54) is 10.6 Å². The number of hydrogen-bond acceptors (Lipinski definition) is 6. The zero-order valence-corrected chi connectivity index (χ0v) is 18.6. The Morgan fingerprint density at radius 3 is 2.76 bits per heavy atom. The molecule has 0 atom stereocenters. The van der Waals surface area contributed by atoms with Gasteiger partial charge in [-0.25, -0.2) is 5.10 Å². The van der Waals surface area contributed by atoms with Crippen LogP contribution >= 0.6 is 12.2 Å². The Hall–Kier alpha value is -3.89. The lowest BCUT2D eigenvalue weighted by Gasteiger charge is -2.10. The van der Waals surface area contributed by atoms with Crippen molar-refractivity contribution in [3.63, 3.8) is 0 Å². The first-order valence-corrected chi connectivity index (χ1v) is 10.6. The average Bonchev–Trinajstić information content (AvgIpc) is 2.81. The molecule has 1 amide bonds. The highest BCUT2D eigenvalue weighted by Gasteiger charge is 2.11. The van der Waals surface area contributed by atoms with Gasteiger partial charge in [-0.15, -0.1) is 0 Å². The van der Waals surface area contributed by atoms with Crippen LogP contribution in [0.5, 0.6) is 0 Å². The number of fused-ring (bicyclic) bond motifs is 1. The maximum absolute atomic E-state index is 12.9. The van der Waals surface area contributed by atoms with Crippen molar-refractivity contribution in [3.8, 4) is 11.3 Å². The van der Waals surface area contributed by atoms with Gasteiger partial charge in [0.2, 0.25) is 0 Å². The number of aromatic nitrogens is 4. The number of H-pyrrole nitrogens is 2. The minimum Gasteiger partial charge on any atom is -0.385 e. The molecule has 33 heavy (non-hydrogen) atoms. The van der Waals surface area contributed by atoms with Crippen molar-refractivity contribution in [2.75, 3.05) is 19.0 Å². The Kier molecular flexibility index (Phi) is 6.57. The molecule has 0 aliphatic rings. The molecule has 0 spiro atoms. The van der Waals surface area contributed by atoms with E-state index in [1.807, 2.05) is 6.07 Å². The maximum atomic E-state index is 12.9. The largest absolute Gasteiger partial charge is 0.385 e. The van der Waals surface area contributed by atoms with Crippen molar-refractivity contribution in [1.29, 1.82) is 0 Å². The van der Waals surface area contributed by atoms with Crippen LogP contribution in [-0.2, 0) is 11.3 Å². The highest BCUT2D eigenvalue weighted by Crippen LogP contribution is 2.20. The van der Waals surface area contributed by atoms with E-state index in [4.69, 9.17) is 17.0 Å². The lowest BCUT2D eigenvalue weighted by atomic mass is 10.1. The van der Waals surface area contributed by atoms with Crippen LogP contribution in [0.1, 0.15) is 16.8 Å². The number of benzene rings is 2. The van der Waals surface area contributed by atoms with Gasteiger partial charge in [-0.2, -0.15) is 5.10 Å².